The van der Waals surface area contributed by atoms with Crippen LogP contribution in [0, 0.1) is 5.41 Å². The highest BCUT2D eigenvalue weighted by Crippen LogP contribution is 2.50. The minimum atomic E-state index is -0.964. The van der Waals surface area contributed by atoms with Gasteiger partial charge in [-0.3, -0.25) is 0 Å². The molecule has 0 spiro atoms. The van der Waals surface area contributed by atoms with Crippen LogP contribution in [0.25, 0.3) is 0 Å². The van der Waals surface area contributed by atoms with Gasteiger partial charge in [0.2, 0.25) is 0 Å². The number of para-hydroxylation sites is 1. The summed E-state index contributed by atoms with van der Waals surface area (Å²) in [6.45, 7) is 6.31. The molecule has 0 amide bonds. The van der Waals surface area contributed by atoms with Crippen LogP contribution in [-0.4, -0.2) is 59.9 Å². The van der Waals surface area contributed by atoms with Crippen molar-refractivity contribution >= 4 is 30.8 Å². The van der Waals surface area contributed by atoms with Crippen LogP contribution in [0.2, 0.25) is 0 Å². The van der Waals surface area contributed by atoms with Gasteiger partial charge in [-0.05, 0) is 63.9 Å². The Hall–Kier alpha value is -1.83. The summed E-state index contributed by atoms with van der Waals surface area (Å²) >= 11 is 0. The average molecular weight is 556 g/mol. The van der Waals surface area contributed by atoms with Gasteiger partial charge in [-0.2, -0.15) is 0 Å². The van der Waals surface area contributed by atoms with Gasteiger partial charge < -0.3 is 25.2 Å². The van der Waals surface area contributed by atoms with E-state index in [4.69, 9.17) is 9.84 Å². The molecule has 0 aromatic heterocycles. The molecule has 3 N–H and O–H groups in total. The molecule has 8 heteroatoms. The van der Waals surface area contributed by atoms with E-state index >= 15 is 0 Å². The Kier molecular flexibility index (Phi) is 14.0. The van der Waals surface area contributed by atoms with Crippen molar-refractivity contribution in [2.45, 2.75) is 70.1 Å². The SMILES string of the molecule is CC1CC(O)(c2ccccc2)C(C)(CC2CCCCCN2)CN1C.Cl.Cl.O=C(O)COc1ccccc1. The van der Waals surface area contributed by atoms with Gasteiger partial charge in [0.05, 0.1) is 5.60 Å². The first kappa shape index (κ1) is 33.2. The second-order valence-corrected chi connectivity index (χ2v) is 10.5. The number of hydrogen-bond acceptors (Lipinski definition) is 5. The standard InChI is InChI=1S/C21H34N2O.C8H8O3.2ClH/c1-17-14-21(24,18-10-6-4-7-11-18)20(2,16-23(17)3)15-19-12-8-5-9-13-22-19;9-8(10)6-11-7-4-2-1-3-5-7;;/h4,6-7,10-11,17,19,22,24H,5,8-9,12-16H2,1-3H3;1-5H,6H2,(H,9,10);2*1H. The Bertz CT molecular complexity index is 913. The topological polar surface area (TPSA) is 82.0 Å². The summed E-state index contributed by atoms with van der Waals surface area (Å²) in [7, 11) is 2.20. The van der Waals surface area contributed by atoms with E-state index in [-0.39, 0.29) is 36.8 Å². The molecule has 4 rings (SSSR count). The summed E-state index contributed by atoms with van der Waals surface area (Å²) in [6.07, 6.45) is 7.00. The Balaban J connectivity index is 0.000000448. The minimum Gasteiger partial charge on any atom is -0.482 e. The van der Waals surface area contributed by atoms with Crippen molar-refractivity contribution in [3.63, 3.8) is 0 Å². The molecule has 6 nitrogen and oxygen atoms in total. The van der Waals surface area contributed by atoms with Gasteiger partial charge in [-0.25, -0.2) is 4.79 Å². The first-order valence-corrected chi connectivity index (χ1v) is 12.8. The summed E-state index contributed by atoms with van der Waals surface area (Å²) in [5, 5.41) is 23.9. The molecule has 0 saturated carbocycles. The smallest absolute Gasteiger partial charge is 0.341 e. The number of nitrogens with zero attached hydrogens (tertiary/aromatic N) is 1. The summed E-state index contributed by atoms with van der Waals surface area (Å²) < 4.78 is 4.87. The maximum absolute atomic E-state index is 11.9. The van der Waals surface area contributed by atoms with Crippen molar-refractivity contribution in [1.82, 2.24) is 10.2 Å². The second kappa shape index (κ2) is 15.6. The quantitative estimate of drug-likeness (QED) is 0.436. The second-order valence-electron chi connectivity index (χ2n) is 10.5. The van der Waals surface area contributed by atoms with Gasteiger partial charge in [0, 0.05) is 24.0 Å². The molecule has 2 aliphatic heterocycles. The summed E-state index contributed by atoms with van der Waals surface area (Å²) in [6, 6.07) is 20.1. The maximum Gasteiger partial charge on any atom is 0.341 e. The molecule has 4 atom stereocenters. The van der Waals surface area contributed by atoms with E-state index in [0.717, 1.165) is 31.5 Å². The Labute approximate surface area is 234 Å². The third-order valence-corrected chi connectivity index (χ3v) is 7.66. The number of nitrogens with one attached hydrogen (secondary N) is 1. The van der Waals surface area contributed by atoms with Crippen molar-refractivity contribution in [3.8, 4) is 5.75 Å². The lowest BCUT2D eigenvalue weighted by Crippen LogP contribution is -2.60. The number of rotatable bonds is 6. The maximum atomic E-state index is 11.9. The lowest BCUT2D eigenvalue weighted by atomic mass is 9.61. The highest BCUT2D eigenvalue weighted by atomic mass is 35.5. The highest BCUT2D eigenvalue weighted by Gasteiger charge is 2.53. The van der Waals surface area contributed by atoms with Crippen LogP contribution < -0.4 is 10.1 Å². The van der Waals surface area contributed by atoms with E-state index in [2.05, 4.69) is 55.4 Å². The first-order valence-electron chi connectivity index (χ1n) is 12.8. The Morgan fingerprint density at radius 3 is 2.30 bits per heavy atom. The van der Waals surface area contributed by atoms with Crippen molar-refractivity contribution in [2.24, 2.45) is 5.41 Å². The van der Waals surface area contributed by atoms with Gasteiger partial charge in [0.1, 0.15) is 5.75 Å². The normalized spacial score (nSPS) is 27.8. The molecule has 37 heavy (non-hydrogen) atoms. The molecular weight excluding hydrogens is 511 g/mol. The third-order valence-electron chi connectivity index (χ3n) is 7.66. The van der Waals surface area contributed by atoms with Crippen molar-refractivity contribution in [1.29, 1.82) is 0 Å². The fourth-order valence-electron chi connectivity index (χ4n) is 5.56. The van der Waals surface area contributed by atoms with Crippen molar-refractivity contribution in [3.05, 3.63) is 66.2 Å². The molecule has 0 bridgehead atoms. The van der Waals surface area contributed by atoms with Crippen LogP contribution in [0.5, 0.6) is 5.75 Å². The van der Waals surface area contributed by atoms with E-state index in [1.807, 2.05) is 12.1 Å². The van der Waals surface area contributed by atoms with Crippen LogP contribution in [0.15, 0.2) is 60.7 Å². The van der Waals surface area contributed by atoms with Crippen LogP contribution in [-0.2, 0) is 10.4 Å². The zero-order valence-corrected chi connectivity index (χ0v) is 23.9. The van der Waals surface area contributed by atoms with Gasteiger partial charge in [0.15, 0.2) is 6.61 Å². The molecule has 4 unspecified atom stereocenters. The number of benzene rings is 2. The number of carboxylic acids is 1. The number of piperidine rings is 1. The van der Waals surface area contributed by atoms with Crippen LogP contribution in [0.4, 0.5) is 0 Å². The number of aliphatic carboxylic acids is 1. The summed E-state index contributed by atoms with van der Waals surface area (Å²) in [4.78, 5) is 12.5. The predicted molar refractivity (Wildman–Crippen MR) is 154 cm³/mol. The minimum absolute atomic E-state index is 0. The van der Waals surface area contributed by atoms with Crippen molar-refractivity contribution < 1.29 is 19.7 Å². The van der Waals surface area contributed by atoms with Crippen LogP contribution in [0.1, 0.15) is 57.9 Å². The van der Waals surface area contributed by atoms with Gasteiger partial charge >= 0.3 is 5.97 Å². The lowest BCUT2D eigenvalue weighted by molar-refractivity contribution is -0.151. The molecule has 0 radical (unpaired) electrons. The van der Waals surface area contributed by atoms with Gasteiger partial charge in [-0.15, -0.1) is 24.8 Å². The zero-order valence-electron chi connectivity index (χ0n) is 22.3. The Morgan fingerprint density at radius 2 is 1.68 bits per heavy atom. The molecular formula is C29H44Cl2N2O4. The molecule has 208 valence electrons. The molecule has 2 heterocycles. The number of aliphatic hydroxyl groups is 1. The number of halogens is 2. The number of likely N-dealkylation sites (tertiary alicyclic amines) is 1. The predicted octanol–water partition coefficient (Wildman–Crippen LogP) is 5.52. The van der Waals surface area contributed by atoms with Crippen molar-refractivity contribution in [2.75, 3.05) is 26.7 Å². The number of ether oxygens (including phenoxy) is 1. The number of hydrogen-bond donors (Lipinski definition) is 3. The average Bonchev–Trinajstić information content (AvgIpc) is 3.12. The number of carboxylic acid groups (broad SMARTS) is 1. The zero-order chi connectivity index (χ0) is 25.3. The monoisotopic (exact) mass is 554 g/mol. The Morgan fingerprint density at radius 1 is 1.05 bits per heavy atom. The fraction of sp³-hybridized carbons (Fsp3) is 0.552. The molecule has 0 aliphatic carbocycles. The fourth-order valence-corrected chi connectivity index (χ4v) is 5.56. The molecule has 2 aromatic carbocycles. The highest BCUT2D eigenvalue weighted by molar-refractivity contribution is 5.85. The number of carbonyl (C=O) groups is 1. The molecule has 2 fully saturated rings. The van der Waals surface area contributed by atoms with Crippen LogP contribution >= 0.6 is 24.8 Å². The van der Waals surface area contributed by atoms with Gasteiger partial charge in [-0.1, -0.05) is 68.3 Å². The first-order chi connectivity index (χ1) is 16.7. The lowest BCUT2D eigenvalue weighted by Gasteiger charge is -2.55. The molecule has 2 aliphatic rings. The van der Waals surface area contributed by atoms with E-state index < -0.39 is 11.6 Å². The van der Waals surface area contributed by atoms with E-state index in [0.29, 0.717) is 17.8 Å². The summed E-state index contributed by atoms with van der Waals surface area (Å²) in [5.41, 5.74) is 0.187. The van der Waals surface area contributed by atoms with E-state index in [1.54, 1.807) is 24.3 Å². The third kappa shape index (κ3) is 9.15. The van der Waals surface area contributed by atoms with Crippen LogP contribution in [0.3, 0.4) is 0 Å². The van der Waals surface area contributed by atoms with E-state index in [9.17, 15) is 9.90 Å². The molecule has 2 saturated heterocycles. The van der Waals surface area contributed by atoms with Gasteiger partial charge in [0.25, 0.3) is 0 Å². The largest absolute Gasteiger partial charge is 0.482 e. The summed E-state index contributed by atoms with van der Waals surface area (Å²) in [5.74, 6) is -0.385. The van der Waals surface area contributed by atoms with E-state index in [1.165, 1.54) is 25.7 Å². The molecule has 2 aromatic rings.